The molecule has 0 heterocycles. The van der Waals surface area contributed by atoms with Crippen molar-refractivity contribution >= 4 is 10.0 Å². The van der Waals surface area contributed by atoms with Gasteiger partial charge in [0.25, 0.3) is 0 Å². The predicted octanol–water partition coefficient (Wildman–Crippen LogP) is -0.551. The molecular weight excluding hydrogens is 140 g/mol. The van der Waals surface area contributed by atoms with Crippen LogP contribution in [0, 0.1) is 0 Å². The van der Waals surface area contributed by atoms with Crippen LogP contribution in [0.25, 0.3) is 0 Å². The third kappa shape index (κ3) is 7.87. The van der Waals surface area contributed by atoms with Gasteiger partial charge < -0.3 is 0 Å². The molecule has 0 saturated carbocycles. The van der Waals surface area contributed by atoms with Gasteiger partial charge in [-0.2, -0.15) is 4.83 Å². The number of sulfonamides is 1. The van der Waals surface area contributed by atoms with Crippen LogP contribution in [0.15, 0.2) is 0 Å². The number of hydrogen-bond acceptors (Lipinski definition) is 3. The van der Waals surface area contributed by atoms with Gasteiger partial charge in [-0.1, -0.05) is 0 Å². The first-order valence-corrected chi connectivity index (χ1v) is 4.53. The summed E-state index contributed by atoms with van der Waals surface area (Å²) in [5.74, 6) is 0. The van der Waals surface area contributed by atoms with E-state index in [0.717, 1.165) is 6.26 Å². The Morgan fingerprint density at radius 2 is 1.78 bits per heavy atom. The van der Waals surface area contributed by atoms with Crippen molar-refractivity contribution in [2.24, 2.45) is 0 Å². The number of nitrogens with one attached hydrogen (secondary N) is 2. The molecule has 0 spiro atoms. The summed E-state index contributed by atoms with van der Waals surface area (Å²) in [4.78, 5) is 2.14. The molecule has 0 aromatic carbocycles. The summed E-state index contributed by atoms with van der Waals surface area (Å²) in [6.45, 7) is 3.69. The van der Waals surface area contributed by atoms with Crippen LogP contribution in [0.3, 0.4) is 0 Å². The van der Waals surface area contributed by atoms with E-state index in [-0.39, 0.29) is 6.04 Å². The maximum atomic E-state index is 10.4. The van der Waals surface area contributed by atoms with Crippen molar-refractivity contribution < 1.29 is 8.42 Å². The minimum Gasteiger partial charge on any atom is -0.242 e. The molecule has 0 aliphatic carbocycles. The van der Waals surface area contributed by atoms with Gasteiger partial charge in [-0.05, 0) is 13.8 Å². The molecule has 0 bridgehead atoms. The van der Waals surface area contributed by atoms with Crippen LogP contribution in [-0.2, 0) is 10.0 Å². The first kappa shape index (κ1) is 8.87. The lowest BCUT2D eigenvalue weighted by Crippen LogP contribution is -2.40. The average Bonchev–Trinajstić information content (AvgIpc) is 1.59. The lowest BCUT2D eigenvalue weighted by Gasteiger charge is -2.06. The largest absolute Gasteiger partial charge is 0.242 e. The van der Waals surface area contributed by atoms with Gasteiger partial charge in [-0.25, -0.2) is 13.8 Å². The Morgan fingerprint density at radius 1 is 1.33 bits per heavy atom. The molecule has 0 unspecified atom stereocenters. The van der Waals surface area contributed by atoms with Crippen molar-refractivity contribution in [2.45, 2.75) is 19.9 Å². The van der Waals surface area contributed by atoms with Crippen LogP contribution in [0.4, 0.5) is 0 Å². The molecule has 0 aromatic heterocycles. The van der Waals surface area contributed by atoms with E-state index in [1.807, 2.05) is 13.8 Å². The highest BCUT2D eigenvalue weighted by molar-refractivity contribution is 7.88. The minimum absolute atomic E-state index is 0.125. The van der Waals surface area contributed by atoms with E-state index < -0.39 is 10.0 Å². The van der Waals surface area contributed by atoms with Crippen molar-refractivity contribution in [2.75, 3.05) is 6.26 Å². The third-order valence-corrected chi connectivity index (χ3v) is 1.02. The Balaban J connectivity index is 3.53. The van der Waals surface area contributed by atoms with Crippen LogP contribution >= 0.6 is 0 Å². The molecule has 5 heteroatoms. The van der Waals surface area contributed by atoms with Gasteiger partial charge >= 0.3 is 0 Å². The monoisotopic (exact) mass is 152 g/mol. The van der Waals surface area contributed by atoms with Gasteiger partial charge in [-0.3, -0.25) is 0 Å². The molecule has 0 saturated heterocycles. The van der Waals surface area contributed by atoms with Crippen LogP contribution in [0.5, 0.6) is 0 Å². The molecule has 0 aliphatic heterocycles. The second kappa shape index (κ2) is 3.14. The van der Waals surface area contributed by atoms with Gasteiger partial charge in [0.1, 0.15) is 0 Å². The second-order valence-electron chi connectivity index (χ2n) is 2.17. The summed E-state index contributed by atoms with van der Waals surface area (Å²) in [7, 11) is -3.08. The molecule has 0 rings (SSSR count). The van der Waals surface area contributed by atoms with E-state index in [0.29, 0.717) is 0 Å². The Labute approximate surface area is 55.7 Å². The summed E-state index contributed by atoms with van der Waals surface area (Å²) in [6.07, 6.45) is 1.10. The Kier molecular flexibility index (Phi) is 3.10. The zero-order chi connectivity index (χ0) is 7.49. The zero-order valence-electron chi connectivity index (χ0n) is 5.80. The van der Waals surface area contributed by atoms with Gasteiger partial charge in [0.2, 0.25) is 10.0 Å². The minimum atomic E-state index is -3.08. The number of hydrazine groups is 1. The molecule has 0 fully saturated rings. The van der Waals surface area contributed by atoms with E-state index in [9.17, 15) is 8.42 Å². The van der Waals surface area contributed by atoms with E-state index in [1.165, 1.54) is 0 Å². The number of hydrogen-bond donors (Lipinski definition) is 2. The van der Waals surface area contributed by atoms with Crippen LogP contribution in [0.2, 0.25) is 0 Å². The Morgan fingerprint density at radius 3 is 1.89 bits per heavy atom. The molecule has 0 amide bonds. The van der Waals surface area contributed by atoms with E-state index >= 15 is 0 Å². The van der Waals surface area contributed by atoms with Crippen LogP contribution in [-0.4, -0.2) is 20.7 Å². The molecule has 0 aliphatic rings. The Bertz CT molecular complexity index is 161. The lowest BCUT2D eigenvalue weighted by molar-refractivity contribution is 0.526. The normalized spacial score (nSPS) is 12.4. The molecular formula is C4H12N2O2S. The fraction of sp³-hybridized carbons (Fsp3) is 1.00. The van der Waals surface area contributed by atoms with Crippen molar-refractivity contribution in [3.63, 3.8) is 0 Å². The summed E-state index contributed by atoms with van der Waals surface area (Å²) in [5, 5.41) is 0. The first-order chi connectivity index (χ1) is 3.92. The second-order valence-corrected chi connectivity index (χ2v) is 3.92. The van der Waals surface area contributed by atoms with Gasteiger partial charge in [0.05, 0.1) is 6.26 Å². The van der Waals surface area contributed by atoms with Crippen molar-refractivity contribution in [1.29, 1.82) is 0 Å². The fourth-order valence-corrected chi connectivity index (χ4v) is 0.675. The highest BCUT2D eigenvalue weighted by Gasteiger charge is 1.98. The SMILES string of the molecule is CC(C)NNS(C)(=O)=O. The lowest BCUT2D eigenvalue weighted by atomic mass is 10.4. The third-order valence-electron chi connectivity index (χ3n) is 0.533. The number of rotatable bonds is 3. The van der Waals surface area contributed by atoms with Crippen LogP contribution in [0.1, 0.15) is 13.8 Å². The highest BCUT2D eigenvalue weighted by Crippen LogP contribution is 1.73. The maximum Gasteiger partial charge on any atom is 0.221 e. The average molecular weight is 152 g/mol. The highest BCUT2D eigenvalue weighted by atomic mass is 32.2. The fourth-order valence-electron chi connectivity index (χ4n) is 0.225. The van der Waals surface area contributed by atoms with Crippen LogP contribution < -0.4 is 10.3 Å². The van der Waals surface area contributed by atoms with Gasteiger partial charge in [0, 0.05) is 6.04 Å². The van der Waals surface area contributed by atoms with Crippen molar-refractivity contribution in [1.82, 2.24) is 10.3 Å². The Hall–Kier alpha value is -0.130. The van der Waals surface area contributed by atoms with E-state index in [2.05, 4.69) is 10.3 Å². The molecule has 2 N–H and O–H groups in total. The summed E-state index contributed by atoms with van der Waals surface area (Å²) in [6, 6.07) is 0.125. The molecule has 4 nitrogen and oxygen atoms in total. The van der Waals surface area contributed by atoms with E-state index in [1.54, 1.807) is 0 Å². The molecule has 56 valence electrons. The van der Waals surface area contributed by atoms with Crippen molar-refractivity contribution in [3.05, 3.63) is 0 Å². The molecule has 0 radical (unpaired) electrons. The maximum absolute atomic E-state index is 10.4. The topological polar surface area (TPSA) is 58.2 Å². The molecule has 0 aromatic rings. The van der Waals surface area contributed by atoms with Gasteiger partial charge in [0.15, 0.2) is 0 Å². The summed E-state index contributed by atoms with van der Waals surface area (Å²) >= 11 is 0. The van der Waals surface area contributed by atoms with Crippen molar-refractivity contribution in [3.8, 4) is 0 Å². The predicted molar refractivity (Wildman–Crippen MR) is 36.3 cm³/mol. The first-order valence-electron chi connectivity index (χ1n) is 2.64. The summed E-state index contributed by atoms with van der Waals surface area (Å²) < 4.78 is 20.7. The van der Waals surface area contributed by atoms with E-state index in [4.69, 9.17) is 0 Å². The smallest absolute Gasteiger partial charge is 0.221 e. The standard InChI is InChI=1S/C4H12N2O2S/c1-4(2)5-6-9(3,7)8/h4-6H,1-3H3. The molecule has 9 heavy (non-hydrogen) atoms. The summed E-state index contributed by atoms with van der Waals surface area (Å²) in [5.41, 5.74) is 2.55. The molecule has 0 atom stereocenters. The van der Waals surface area contributed by atoms with Gasteiger partial charge in [-0.15, -0.1) is 0 Å². The quantitative estimate of drug-likeness (QED) is 0.533. The zero-order valence-corrected chi connectivity index (χ0v) is 6.62.